The number of sulfonamides is 1. The molecule has 0 saturated heterocycles. The molecule has 0 aliphatic rings. The van der Waals surface area contributed by atoms with E-state index in [0.717, 1.165) is 10.3 Å². The van der Waals surface area contributed by atoms with E-state index in [4.69, 9.17) is 0 Å². The molecule has 2 aromatic carbocycles. The maximum atomic E-state index is 13.3. The van der Waals surface area contributed by atoms with Crippen molar-refractivity contribution in [2.75, 3.05) is 0 Å². The Balaban J connectivity index is 1.72. The Labute approximate surface area is 167 Å². The Kier molecular flexibility index (Phi) is 6.12. The van der Waals surface area contributed by atoms with Crippen molar-refractivity contribution in [3.05, 3.63) is 70.4 Å². The summed E-state index contributed by atoms with van der Waals surface area (Å²) in [6, 6.07) is 13.0. The number of carbonyl (C=O) groups is 1. The molecule has 1 heterocycles. The van der Waals surface area contributed by atoms with Crippen molar-refractivity contribution in [3.63, 3.8) is 0 Å². The minimum Gasteiger partial charge on any atom is -0.347 e. The first-order chi connectivity index (χ1) is 13.2. The van der Waals surface area contributed by atoms with Crippen LogP contribution in [0.5, 0.6) is 0 Å². The molecule has 5 nitrogen and oxygen atoms in total. The first kappa shape index (κ1) is 20.4. The smallest absolute Gasteiger partial charge is 0.261 e. The largest absolute Gasteiger partial charge is 0.347 e. The van der Waals surface area contributed by atoms with Crippen LogP contribution in [0.25, 0.3) is 10.1 Å². The van der Waals surface area contributed by atoms with Crippen LogP contribution < -0.4 is 10.0 Å². The van der Waals surface area contributed by atoms with Gasteiger partial charge in [0, 0.05) is 17.3 Å². The fourth-order valence-corrected chi connectivity index (χ4v) is 5.32. The molecule has 0 radical (unpaired) electrons. The molecule has 0 saturated carbocycles. The number of thiophene rings is 1. The topological polar surface area (TPSA) is 75.3 Å². The summed E-state index contributed by atoms with van der Waals surface area (Å²) >= 11 is 1.29. The van der Waals surface area contributed by atoms with Crippen molar-refractivity contribution in [2.24, 2.45) is 0 Å². The number of carbonyl (C=O) groups excluding carboxylic acids is 1. The number of fused-ring (bicyclic) bond motifs is 1. The zero-order valence-electron chi connectivity index (χ0n) is 15.5. The fraction of sp³-hybridized carbons (Fsp3) is 0.250. The van der Waals surface area contributed by atoms with Crippen molar-refractivity contribution < 1.29 is 17.6 Å². The van der Waals surface area contributed by atoms with Crippen LogP contribution in [0.15, 0.2) is 48.5 Å². The SMILES string of the molecule is CC(C)NS(=O)(=O)Cc1ccccc1CNC(=O)c1cc2cc(F)ccc2s1. The lowest BCUT2D eigenvalue weighted by molar-refractivity contribution is 0.0955. The summed E-state index contributed by atoms with van der Waals surface area (Å²) in [6.07, 6.45) is 0. The first-order valence-electron chi connectivity index (χ1n) is 8.77. The lowest BCUT2D eigenvalue weighted by Crippen LogP contribution is -2.31. The summed E-state index contributed by atoms with van der Waals surface area (Å²) in [5.41, 5.74) is 1.37. The summed E-state index contributed by atoms with van der Waals surface area (Å²) in [7, 11) is -3.46. The van der Waals surface area contributed by atoms with E-state index in [1.54, 1.807) is 50.2 Å². The molecule has 0 atom stereocenters. The molecule has 0 aliphatic carbocycles. The van der Waals surface area contributed by atoms with E-state index >= 15 is 0 Å². The van der Waals surface area contributed by atoms with Crippen LogP contribution in [0, 0.1) is 5.82 Å². The lowest BCUT2D eigenvalue weighted by Gasteiger charge is -2.13. The van der Waals surface area contributed by atoms with Gasteiger partial charge in [0.1, 0.15) is 5.82 Å². The van der Waals surface area contributed by atoms with Crippen molar-refractivity contribution in [3.8, 4) is 0 Å². The van der Waals surface area contributed by atoms with Crippen LogP contribution in [0.1, 0.15) is 34.6 Å². The molecule has 2 N–H and O–H groups in total. The van der Waals surface area contributed by atoms with Gasteiger partial charge >= 0.3 is 0 Å². The van der Waals surface area contributed by atoms with E-state index in [0.29, 0.717) is 15.8 Å². The van der Waals surface area contributed by atoms with Gasteiger partial charge in [-0.05, 0) is 54.6 Å². The summed E-state index contributed by atoms with van der Waals surface area (Å²) in [5.74, 6) is -0.777. The molecule has 1 aromatic heterocycles. The average Bonchev–Trinajstić information content (AvgIpc) is 3.02. The lowest BCUT2D eigenvalue weighted by atomic mass is 10.1. The molecule has 0 aliphatic heterocycles. The van der Waals surface area contributed by atoms with Gasteiger partial charge in [0.15, 0.2) is 0 Å². The predicted molar refractivity (Wildman–Crippen MR) is 110 cm³/mol. The summed E-state index contributed by atoms with van der Waals surface area (Å²) < 4.78 is 41.2. The Bertz CT molecular complexity index is 1110. The normalized spacial score (nSPS) is 11.9. The zero-order valence-corrected chi connectivity index (χ0v) is 17.2. The monoisotopic (exact) mass is 420 g/mol. The molecule has 0 bridgehead atoms. The van der Waals surface area contributed by atoms with E-state index in [1.165, 1.54) is 23.5 Å². The zero-order chi connectivity index (χ0) is 20.3. The molecule has 1 amide bonds. The molecule has 0 unspecified atom stereocenters. The molecule has 3 aromatic rings. The highest BCUT2D eigenvalue weighted by atomic mass is 32.2. The second-order valence-electron chi connectivity index (χ2n) is 6.78. The summed E-state index contributed by atoms with van der Waals surface area (Å²) in [4.78, 5) is 13.0. The fourth-order valence-electron chi connectivity index (χ4n) is 2.86. The molecule has 3 rings (SSSR count). The van der Waals surface area contributed by atoms with Gasteiger partial charge < -0.3 is 5.32 Å². The van der Waals surface area contributed by atoms with Crippen LogP contribution in [0.2, 0.25) is 0 Å². The van der Waals surface area contributed by atoms with Crippen LogP contribution >= 0.6 is 11.3 Å². The van der Waals surface area contributed by atoms with Crippen molar-refractivity contribution in [1.82, 2.24) is 10.0 Å². The van der Waals surface area contributed by atoms with Crippen LogP contribution in [0.4, 0.5) is 4.39 Å². The Morgan fingerprint density at radius 3 is 2.54 bits per heavy atom. The Hall–Kier alpha value is -2.29. The van der Waals surface area contributed by atoms with Crippen molar-refractivity contribution in [1.29, 1.82) is 0 Å². The first-order valence-corrected chi connectivity index (χ1v) is 11.2. The van der Waals surface area contributed by atoms with E-state index < -0.39 is 10.0 Å². The highest BCUT2D eigenvalue weighted by Crippen LogP contribution is 2.26. The van der Waals surface area contributed by atoms with Gasteiger partial charge in [-0.25, -0.2) is 17.5 Å². The van der Waals surface area contributed by atoms with E-state index in [-0.39, 0.29) is 30.1 Å². The number of hydrogen-bond acceptors (Lipinski definition) is 4. The maximum Gasteiger partial charge on any atom is 0.261 e. The molecule has 0 spiro atoms. The minimum absolute atomic E-state index is 0.153. The number of hydrogen-bond donors (Lipinski definition) is 2. The number of halogens is 1. The molecule has 0 fully saturated rings. The predicted octanol–water partition coefficient (Wildman–Crippen LogP) is 3.80. The van der Waals surface area contributed by atoms with Crippen LogP contribution in [-0.4, -0.2) is 20.4 Å². The summed E-state index contributed by atoms with van der Waals surface area (Å²) in [6.45, 7) is 3.73. The van der Waals surface area contributed by atoms with Crippen LogP contribution in [0.3, 0.4) is 0 Å². The van der Waals surface area contributed by atoms with Gasteiger partial charge in [-0.15, -0.1) is 11.3 Å². The van der Waals surface area contributed by atoms with Gasteiger partial charge in [0.2, 0.25) is 10.0 Å². The minimum atomic E-state index is -3.46. The Morgan fingerprint density at radius 1 is 1.11 bits per heavy atom. The quantitative estimate of drug-likeness (QED) is 0.611. The summed E-state index contributed by atoms with van der Waals surface area (Å²) in [5, 5.41) is 3.50. The third-order valence-electron chi connectivity index (χ3n) is 4.02. The number of rotatable bonds is 7. The average molecular weight is 421 g/mol. The standard InChI is InChI=1S/C20H21FN2O3S2/c1-13(2)23-28(25,26)12-15-6-4-3-5-14(15)11-22-20(24)19-10-16-9-17(21)7-8-18(16)27-19/h3-10,13,23H,11-12H2,1-2H3,(H,22,24). The molecule has 148 valence electrons. The van der Waals surface area contributed by atoms with Crippen molar-refractivity contribution in [2.45, 2.75) is 32.2 Å². The third kappa shape index (κ3) is 5.15. The maximum absolute atomic E-state index is 13.3. The number of amides is 1. The number of benzene rings is 2. The van der Waals surface area contributed by atoms with Gasteiger partial charge in [-0.3, -0.25) is 4.79 Å². The van der Waals surface area contributed by atoms with Gasteiger partial charge in [-0.2, -0.15) is 0 Å². The second kappa shape index (κ2) is 8.38. The third-order valence-corrected chi connectivity index (χ3v) is 6.66. The van der Waals surface area contributed by atoms with Crippen molar-refractivity contribution >= 4 is 37.4 Å². The molecule has 8 heteroatoms. The molecular weight excluding hydrogens is 399 g/mol. The Morgan fingerprint density at radius 2 is 1.82 bits per heavy atom. The number of nitrogens with one attached hydrogen (secondary N) is 2. The highest BCUT2D eigenvalue weighted by Gasteiger charge is 2.16. The van der Waals surface area contributed by atoms with E-state index in [2.05, 4.69) is 10.0 Å². The van der Waals surface area contributed by atoms with Gasteiger partial charge in [0.05, 0.1) is 10.6 Å². The van der Waals surface area contributed by atoms with Gasteiger partial charge in [0.25, 0.3) is 5.91 Å². The van der Waals surface area contributed by atoms with E-state index in [1.807, 2.05) is 0 Å². The van der Waals surface area contributed by atoms with Crippen LogP contribution in [-0.2, 0) is 22.3 Å². The molecular formula is C20H21FN2O3S2. The van der Waals surface area contributed by atoms with Gasteiger partial charge in [-0.1, -0.05) is 24.3 Å². The van der Waals surface area contributed by atoms with E-state index in [9.17, 15) is 17.6 Å². The second-order valence-corrected chi connectivity index (χ2v) is 9.61. The molecule has 28 heavy (non-hydrogen) atoms. The highest BCUT2D eigenvalue weighted by molar-refractivity contribution is 7.88.